The minimum atomic E-state index is 0.641. The topological polar surface area (TPSA) is 40.7 Å². The van der Waals surface area contributed by atoms with E-state index in [-0.39, 0.29) is 0 Å². The quantitative estimate of drug-likeness (QED) is 0.840. The fraction of sp³-hybridized carbons (Fsp3) is 0.533. The van der Waals surface area contributed by atoms with E-state index in [1.54, 1.807) is 0 Å². The molecule has 18 heavy (non-hydrogen) atoms. The molecule has 0 bridgehead atoms. The van der Waals surface area contributed by atoms with Crippen molar-refractivity contribution in [3.8, 4) is 0 Å². The van der Waals surface area contributed by atoms with Crippen LogP contribution < -0.4 is 5.32 Å². The maximum atomic E-state index is 4.43. The molecule has 1 aromatic heterocycles. The summed E-state index contributed by atoms with van der Waals surface area (Å²) in [5, 5.41) is 3.66. The van der Waals surface area contributed by atoms with Crippen molar-refractivity contribution < 1.29 is 0 Å². The summed E-state index contributed by atoms with van der Waals surface area (Å²) in [6, 6.07) is 7.04. The van der Waals surface area contributed by atoms with Gasteiger partial charge in [0.2, 0.25) is 0 Å². The predicted molar refractivity (Wildman–Crippen MR) is 75.9 cm³/mol. The Morgan fingerprint density at radius 1 is 1.22 bits per heavy atom. The molecule has 3 nitrogen and oxygen atoms in total. The zero-order valence-electron chi connectivity index (χ0n) is 11.2. The Balaban J connectivity index is 1.74. The smallest absolute Gasteiger partial charge is 0.104 e. The van der Waals surface area contributed by atoms with Crippen LogP contribution in [0.5, 0.6) is 0 Å². The highest BCUT2D eigenvalue weighted by Crippen LogP contribution is 2.26. The molecule has 96 valence electrons. The van der Waals surface area contributed by atoms with E-state index in [0.717, 1.165) is 22.8 Å². The molecule has 2 aromatic rings. The van der Waals surface area contributed by atoms with Gasteiger partial charge in [-0.2, -0.15) is 0 Å². The number of nitrogens with one attached hydrogen (secondary N) is 2. The van der Waals surface area contributed by atoms with Crippen LogP contribution in [0.15, 0.2) is 18.2 Å². The van der Waals surface area contributed by atoms with Crippen molar-refractivity contribution in [2.24, 2.45) is 5.92 Å². The Labute approximate surface area is 108 Å². The van der Waals surface area contributed by atoms with Crippen LogP contribution in [0.25, 0.3) is 11.0 Å². The third-order valence-electron chi connectivity index (χ3n) is 3.99. The molecule has 0 aliphatic heterocycles. The van der Waals surface area contributed by atoms with Crippen LogP contribution in [-0.4, -0.2) is 16.0 Å². The lowest BCUT2D eigenvalue weighted by Crippen LogP contribution is -2.25. The second-order valence-electron chi connectivity index (χ2n) is 5.66. The van der Waals surface area contributed by atoms with Crippen LogP contribution in [0, 0.1) is 12.8 Å². The molecule has 0 amide bonds. The molecule has 1 aliphatic rings. The van der Waals surface area contributed by atoms with Gasteiger partial charge in [-0.05, 0) is 56.7 Å². The molecule has 1 heterocycles. The van der Waals surface area contributed by atoms with E-state index >= 15 is 0 Å². The van der Waals surface area contributed by atoms with Crippen molar-refractivity contribution >= 4 is 16.7 Å². The van der Waals surface area contributed by atoms with Crippen LogP contribution in [-0.2, 0) is 0 Å². The molecule has 3 heteroatoms. The van der Waals surface area contributed by atoms with Crippen LogP contribution in [0.3, 0.4) is 0 Å². The number of H-pyrrole nitrogens is 1. The van der Waals surface area contributed by atoms with Gasteiger partial charge in [-0.1, -0.05) is 6.92 Å². The Morgan fingerprint density at radius 2 is 2.00 bits per heavy atom. The molecule has 1 aliphatic carbocycles. The second kappa shape index (κ2) is 4.63. The van der Waals surface area contributed by atoms with Gasteiger partial charge >= 0.3 is 0 Å². The summed E-state index contributed by atoms with van der Waals surface area (Å²) in [6.07, 6.45) is 5.29. The third-order valence-corrected chi connectivity index (χ3v) is 3.99. The molecule has 0 spiro atoms. The summed E-state index contributed by atoms with van der Waals surface area (Å²) >= 11 is 0. The second-order valence-corrected chi connectivity index (χ2v) is 5.66. The number of hydrogen-bond donors (Lipinski definition) is 2. The molecular formula is C15H21N3. The van der Waals surface area contributed by atoms with Crippen molar-refractivity contribution in [1.29, 1.82) is 0 Å². The fourth-order valence-electron chi connectivity index (χ4n) is 2.87. The molecule has 2 N–H and O–H groups in total. The van der Waals surface area contributed by atoms with Crippen molar-refractivity contribution in [2.75, 3.05) is 5.32 Å². The van der Waals surface area contributed by atoms with Crippen LogP contribution in [0.4, 0.5) is 5.69 Å². The number of anilines is 1. The molecule has 1 saturated carbocycles. The fourth-order valence-corrected chi connectivity index (χ4v) is 2.87. The summed E-state index contributed by atoms with van der Waals surface area (Å²) in [5.74, 6) is 1.88. The summed E-state index contributed by atoms with van der Waals surface area (Å²) in [4.78, 5) is 7.72. The van der Waals surface area contributed by atoms with E-state index < -0.39 is 0 Å². The number of nitrogens with zero attached hydrogens (tertiary/aromatic N) is 1. The highest BCUT2D eigenvalue weighted by atomic mass is 14.9. The van der Waals surface area contributed by atoms with E-state index in [1.165, 1.54) is 31.4 Å². The van der Waals surface area contributed by atoms with Crippen LogP contribution in [0.1, 0.15) is 38.4 Å². The van der Waals surface area contributed by atoms with Gasteiger partial charge < -0.3 is 10.3 Å². The Bertz CT molecular complexity index is 536. The molecule has 3 rings (SSSR count). The van der Waals surface area contributed by atoms with Gasteiger partial charge in [0.25, 0.3) is 0 Å². The molecule has 1 fully saturated rings. The number of rotatable bonds is 2. The first-order chi connectivity index (χ1) is 8.70. The number of aromatic nitrogens is 2. The minimum absolute atomic E-state index is 0.641. The Hall–Kier alpha value is -1.51. The monoisotopic (exact) mass is 243 g/mol. The van der Waals surface area contributed by atoms with Crippen molar-refractivity contribution in [1.82, 2.24) is 9.97 Å². The molecule has 0 unspecified atom stereocenters. The summed E-state index contributed by atoms with van der Waals surface area (Å²) < 4.78 is 0. The first-order valence-electron chi connectivity index (χ1n) is 6.93. The SMILES string of the molecule is Cc1nc2ccc(NC3CCC(C)CC3)cc2[nH]1. The number of hydrogen-bond acceptors (Lipinski definition) is 2. The van der Waals surface area contributed by atoms with Crippen LogP contribution >= 0.6 is 0 Å². The lowest BCUT2D eigenvalue weighted by Gasteiger charge is -2.27. The summed E-state index contributed by atoms with van der Waals surface area (Å²) in [6.45, 7) is 4.35. The van der Waals surface area contributed by atoms with Gasteiger partial charge in [0.05, 0.1) is 11.0 Å². The number of imidazole rings is 1. The molecule has 0 radical (unpaired) electrons. The maximum Gasteiger partial charge on any atom is 0.104 e. The highest BCUT2D eigenvalue weighted by Gasteiger charge is 2.17. The highest BCUT2D eigenvalue weighted by molar-refractivity contribution is 5.79. The van der Waals surface area contributed by atoms with E-state index in [0.29, 0.717) is 6.04 Å². The van der Waals surface area contributed by atoms with E-state index in [2.05, 4.69) is 40.4 Å². The zero-order valence-corrected chi connectivity index (χ0v) is 11.2. The molecule has 0 atom stereocenters. The van der Waals surface area contributed by atoms with Gasteiger partial charge in [-0.3, -0.25) is 0 Å². The molecule has 1 aromatic carbocycles. The largest absolute Gasteiger partial charge is 0.382 e. The van der Waals surface area contributed by atoms with Crippen molar-refractivity contribution in [3.05, 3.63) is 24.0 Å². The van der Waals surface area contributed by atoms with Gasteiger partial charge in [-0.25, -0.2) is 4.98 Å². The predicted octanol–water partition coefficient (Wildman–Crippen LogP) is 3.86. The summed E-state index contributed by atoms with van der Waals surface area (Å²) in [7, 11) is 0. The van der Waals surface area contributed by atoms with E-state index in [1.807, 2.05) is 6.92 Å². The standard InChI is InChI=1S/C15H21N3/c1-10-3-5-12(6-4-10)18-13-7-8-14-15(9-13)17-11(2)16-14/h7-10,12,18H,3-6H2,1-2H3,(H,16,17). The average molecular weight is 243 g/mol. The van der Waals surface area contributed by atoms with E-state index in [4.69, 9.17) is 0 Å². The normalized spacial score (nSPS) is 24.3. The zero-order chi connectivity index (χ0) is 12.5. The number of aromatic amines is 1. The first kappa shape index (κ1) is 11.6. The minimum Gasteiger partial charge on any atom is -0.382 e. The van der Waals surface area contributed by atoms with Crippen molar-refractivity contribution in [3.63, 3.8) is 0 Å². The maximum absolute atomic E-state index is 4.43. The average Bonchev–Trinajstić information content (AvgIpc) is 2.71. The number of fused-ring (bicyclic) bond motifs is 1. The third kappa shape index (κ3) is 2.35. The summed E-state index contributed by atoms with van der Waals surface area (Å²) in [5.41, 5.74) is 3.39. The van der Waals surface area contributed by atoms with Gasteiger partial charge in [0.15, 0.2) is 0 Å². The number of aryl methyl sites for hydroxylation is 1. The van der Waals surface area contributed by atoms with Gasteiger partial charge in [0.1, 0.15) is 5.82 Å². The molecular weight excluding hydrogens is 222 g/mol. The van der Waals surface area contributed by atoms with E-state index in [9.17, 15) is 0 Å². The Kier molecular flexibility index (Phi) is 2.98. The van der Waals surface area contributed by atoms with Crippen LogP contribution in [0.2, 0.25) is 0 Å². The molecule has 0 saturated heterocycles. The number of benzene rings is 1. The Morgan fingerprint density at radius 3 is 2.78 bits per heavy atom. The lowest BCUT2D eigenvalue weighted by molar-refractivity contribution is 0.361. The first-order valence-corrected chi connectivity index (χ1v) is 6.93. The van der Waals surface area contributed by atoms with Crippen molar-refractivity contribution in [2.45, 2.75) is 45.6 Å². The lowest BCUT2D eigenvalue weighted by atomic mass is 9.87. The van der Waals surface area contributed by atoms with Gasteiger partial charge in [0, 0.05) is 11.7 Å². The van der Waals surface area contributed by atoms with Gasteiger partial charge in [-0.15, -0.1) is 0 Å².